The van der Waals surface area contributed by atoms with E-state index in [1.54, 1.807) is 27.1 Å². The lowest BCUT2D eigenvalue weighted by Gasteiger charge is -2.35. The molecule has 0 bridgehead atoms. The third kappa shape index (κ3) is 3.92. The Morgan fingerprint density at radius 3 is 2.21 bits per heavy atom. The first-order valence-corrected chi connectivity index (χ1v) is 9.77. The van der Waals surface area contributed by atoms with Crippen molar-refractivity contribution in [3.8, 4) is 0 Å². The number of benzene rings is 2. The highest BCUT2D eigenvalue weighted by atomic mass is 32.1. The minimum absolute atomic E-state index is 0.189. The summed E-state index contributed by atoms with van der Waals surface area (Å²) in [6.07, 6.45) is -2.80. The van der Waals surface area contributed by atoms with Crippen LogP contribution in [0.15, 0.2) is 61.2 Å². The number of nitrogens with zero attached hydrogens (tertiary/aromatic N) is 2. The summed E-state index contributed by atoms with van der Waals surface area (Å²) in [7, 11) is 3.30. The van der Waals surface area contributed by atoms with Gasteiger partial charge in [0.1, 0.15) is 10.9 Å². The fourth-order valence-corrected chi connectivity index (χ4v) is 4.51. The molecule has 29 heavy (non-hydrogen) atoms. The van der Waals surface area contributed by atoms with Gasteiger partial charge in [0.2, 0.25) is 5.91 Å². The Labute approximate surface area is 171 Å². The van der Waals surface area contributed by atoms with E-state index in [4.69, 9.17) is 0 Å². The molecule has 0 saturated carbocycles. The Kier molecular flexibility index (Phi) is 5.54. The maximum atomic E-state index is 13.2. The fraction of sp³-hybridized carbons (Fsp3) is 0.273. The molecule has 0 fully saturated rings. The molecule has 0 N–H and O–H groups in total. The molecule has 0 aliphatic heterocycles. The van der Waals surface area contributed by atoms with Crippen molar-refractivity contribution in [2.75, 3.05) is 14.1 Å². The number of allylic oxidation sites excluding steroid dienone is 1. The van der Waals surface area contributed by atoms with E-state index >= 15 is 0 Å². The zero-order valence-electron chi connectivity index (χ0n) is 16.3. The van der Waals surface area contributed by atoms with Gasteiger partial charge in [0.25, 0.3) is 0 Å². The van der Waals surface area contributed by atoms with Crippen LogP contribution in [0, 0.1) is 0 Å². The number of hydrogen-bond donors (Lipinski definition) is 0. The number of para-hydroxylation sites is 1. The van der Waals surface area contributed by atoms with Crippen molar-refractivity contribution in [2.24, 2.45) is 0 Å². The summed E-state index contributed by atoms with van der Waals surface area (Å²) in [5, 5.41) is 0.604. The van der Waals surface area contributed by atoms with Crippen LogP contribution >= 0.6 is 11.3 Å². The molecule has 0 unspecified atom stereocenters. The molecule has 0 saturated heterocycles. The average Bonchev–Trinajstić information content (AvgIpc) is 3.10. The number of hydrogen-bond acceptors (Lipinski definition) is 3. The van der Waals surface area contributed by atoms with Crippen LogP contribution in [0.1, 0.15) is 29.0 Å². The van der Waals surface area contributed by atoms with Crippen molar-refractivity contribution in [3.63, 3.8) is 0 Å². The molecular weight excluding hydrogens is 397 g/mol. The molecule has 2 atom stereocenters. The lowest BCUT2D eigenvalue weighted by Crippen LogP contribution is -2.40. The molecule has 1 heterocycles. The van der Waals surface area contributed by atoms with Gasteiger partial charge in [-0.25, -0.2) is 4.98 Å². The van der Waals surface area contributed by atoms with Crippen LogP contribution in [-0.4, -0.2) is 29.9 Å². The first kappa shape index (κ1) is 21.0. The molecule has 0 spiro atoms. The number of amides is 1. The number of carbonyl (C=O) groups excluding carboxylic acids is 1. The fourth-order valence-electron chi connectivity index (χ4n) is 3.31. The minimum atomic E-state index is -4.42. The summed E-state index contributed by atoms with van der Waals surface area (Å²) in [4.78, 5) is 19.3. The summed E-state index contributed by atoms with van der Waals surface area (Å²) in [6, 6.07) is 12.5. The first-order valence-electron chi connectivity index (χ1n) is 8.96. The predicted molar refractivity (Wildman–Crippen MR) is 110 cm³/mol. The monoisotopic (exact) mass is 418 g/mol. The highest BCUT2D eigenvalue weighted by Gasteiger charge is 2.42. The van der Waals surface area contributed by atoms with Crippen molar-refractivity contribution >= 4 is 27.5 Å². The lowest BCUT2D eigenvalue weighted by atomic mass is 9.71. The summed E-state index contributed by atoms with van der Waals surface area (Å²) >= 11 is 1.41. The van der Waals surface area contributed by atoms with Gasteiger partial charge >= 0.3 is 6.18 Å². The minimum Gasteiger partial charge on any atom is -0.348 e. The Hall–Kier alpha value is -2.67. The number of alkyl halides is 3. The van der Waals surface area contributed by atoms with E-state index in [2.05, 4.69) is 11.6 Å². The van der Waals surface area contributed by atoms with Crippen LogP contribution in [0.25, 0.3) is 10.2 Å². The number of carbonyl (C=O) groups is 1. The smallest absolute Gasteiger partial charge is 0.348 e. The van der Waals surface area contributed by atoms with Gasteiger partial charge in [0.15, 0.2) is 0 Å². The number of thiazole rings is 1. The molecule has 0 aliphatic carbocycles. The van der Waals surface area contributed by atoms with Crippen LogP contribution in [-0.2, 0) is 16.4 Å². The summed E-state index contributed by atoms with van der Waals surface area (Å²) in [5.74, 6) is -0.907. The molecule has 152 valence electrons. The van der Waals surface area contributed by atoms with Crippen LogP contribution in [0.2, 0.25) is 0 Å². The van der Waals surface area contributed by atoms with Crippen molar-refractivity contribution in [3.05, 3.63) is 77.3 Å². The van der Waals surface area contributed by atoms with E-state index < -0.39 is 23.1 Å². The van der Waals surface area contributed by atoms with Crippen LogP contribution in [0.4, 0.5) is 13.2 Å². The third-order valence-electron chi connectivity index (χ3n) is 5.10. The number of likely N-dealkylation sites (N-methyl/N-ethyl adjacent to an activating group) is 1. The SMILES string of the molecule is C=C[C@@](C)(c1ccc(C(F)(F)F)cc1)[C@@H](C(=O)N(C)C)c1nc2ccccc2s1. The highest BCUT2D eigenvalue weighted by molar-refractivity contribution is 7.18. The Bertz CT molecular complexity index is 1010. The van der Waals surface area contributed by atoms with Gasteiger partial charge in [-0.3, -0.25) is 4.79 Å². The zero-order valence-corrected chi connectivity index (χ0v) is 17.1. The molecule has 1 amide bonds. The zero-order chi connectivity index (χ0) is 21.4. The van der Waals surface area contributed by atoms with E-state index in [1.165, 1.54) is 28.4 Å². The van der Waals surface area contributed by atoms with Crippen LogP contribution in [0.5, 0.6) is 0 Å². The second-order valence-corrected chi connectivity index (χ2v) is 8.31. The molecule has 7 heteroatoms. The van der Waals surface area contributed by atoms with Crippen molar-refractivity contribution in [1.82, 2.24) is 9.88 Å². The van der Waals surface area contributed by atoms with Crippen LogP contribution < -0.4 is 0 Å². The largest absolute Gasteiger partial charge is 0.416 e. The Balaban J connectivity index is 2.16. The standard InChI is InChI=1S/C22H21F3N2OS/c1-5-21(2,14-10-12-15(13-11-14)22(23,24)25)18(20(28)27(3)4)19-26-16-8-6-7-9-17(16)29-19/h5-13,18H,1H2,2-4H3/t18-,21+/m1/s1. The predicted octanol–water partition coefficient (Wildman–Crippen LogP) is 5.63. The molecule has 0 radical (unpaired) electrons. The molecule has 3 aromatic rings. The van der Waals surface area contributed by atoms with Gasteiger partial charge in [0.05, 0.1) is 15.8 Å². The lowest BCUT2D eigenvalue weighted by molar-refractivity contribution is -0.137. The number of aromatic nitrogens is 1. The van der Waals surface area contributed by atoms with Crippen molar-refractivity contribution in [2.45, 2.75) is 24.4 Å². The maximum absolute atomic E-state index is 13.2. The van der Waals surface area contributed by atoms with E-state index in [9.17, 15) is 18.0 Å². The summed E-state index contributed by atoms with van der Waals surface area (Å²) < 4.78 is 39.9. The van der Waals surface area contributed by atoms with E-state index in [0.717, 1.165) is 22.3 Å². The van der Waals surface area contributed by atoms with Gasteiger partial charge in [-0.2, -0.15) is 13.2 Å². The summed E-state index contributed by atoms with van der Waals surface area (Å²) in [6.45, 7) is 5.71. The van der Waals surface area contributed by atoms with Gasteiger partial charge in [-0.1, -0.05) is 37.3 Å². The normalized spacial score (nSPS) is 15.0. The van der Waals surface area contributed by atoms with Crippen molar-refractivity contribution < 1.29 is 18.0 Å². The van der Waals surface area contributed by atoms with E-state index in [0.29, 0.717) is 10.6 Å². The number of rotatable bonds is 5. The number of fused-ring (bicyclic) bond motifs is 1. The molecular formula is C22H21F3N2OS. The van der Waals surface area contributed by atoms with Crippen molar-refractivity contribution in [1.29, 1.82) is 0 Å². The van der Waals surface area contributed by atoms with Gasteiger partial charge < -0.3 is 4.90 Å². The van der Waals surface area contributed by atoms with E-state index in [-0.39, 0.29) is 5.91 Å². The molecule has 2 aromatic carbocycles. The Morgan fingerprint density at radius 2 is 1.69 bits per heavy atom. The first-order chi connectivity index (χ1) is 13.6. The summed E-state index contributed by atoms with van der Waals surface area (Å²) in [5.41, 5.74) is -0.328. The molecule has 0 aliphatic rings. The van der Waals surface area contributed by atoms with Crippen LogP contribution in [0.3, 0.4) is 0 Å². The number of halogens is 3. The second-order valence-electron chi connectivity index (χ2n) is 7.25. The quantitative estimate of drug-likeness (QED) is 0.503. The molecule has 3 rings (SSSR count). The Morgan fingerprint density at radius 1 is 1.10 bits per heavy atom. The molecule has 1 aromatic heterocycles. The third-order valence-corrected chi connectivity index (χ3v) is 6.20. The van der Waals surface area contributed by atoms with E-state index in [1.807, 2.05) is 24.3 Å². The van der Waals surface area contributed by atoms with Gasteiger partial charge in [-0.15, -0.1) is 17.9 Å². The maximum Gasteiger partial charge on any atom is 0.416 e. The molecule has 3 nitrogen and oxygen atoms in total. The highest BCUT2D eigenvalue weighted by Crippen LogP contribution is 2.44. The average molecular weight is 418 g/mol. The second kappa shape index (κ2) is 7.63. The topological polar surface area (TPSA) is 33.2 Å². The van der Waals surface area contributed by atoms with Gasteiger partial charge in [0, 0.05) is 19.5 Å². The van der Waals surface area contributed by atoms with Gasteiger partial charge in [-0.05, 0) is 29.8 Å².